The lowest BCUT2D eigenvalue weighted by atomic mass is 9.99. The van der Waals surface area contributed by atoms with Crippen LogP contribution in [0.2, 0.25) is 5.02 Å². The van der Waals surface area contributed by atoms with Crippen molar-refractivity contribution in [3.8, 4) is 11.1 Å². The topological polar surface area (TPSA) is 62.2 Å². The number of aryl methyl sites for hydroxylation is 1. The van der Waals surface area contributed by atoms with E-state index in [1.54, 1.807) is 6.92 Å². The van der Waals surface area contributed by atoms with Crippen molar-refractivity contribution in [2.45, 2.75) is 26.4 Å². The largest absolute Gasteiger partial charge is 0.392 e. The summed E-state index contributed by atoms with van der Waals surface area (Å²) in [6.45, 7) is 3.96. The number of benzene rings is 2. The molecule has 6 heteroatoms. The molecule has 0 aliphatic rings. The summed E-state index contributed by atoms with van der Waals surface area (Å²) in [4.78, 5) is 18.2. The molecule has 0 fully saturated rings. The molecule has 4 rings (SSSR count). The van der Waals surface area contributed by atoms with Gasteiger partial charge in [-0.3, -0.25) is 9.78 Å². The molecule has 29 heavy (non-hydrogen) atoms. The van der Waals surface area contributed by atoms with E-state index < -0.39 is 6.10 Å². The molecule has 2 aromatic carbocycles. The third-order valence-electron chi connectivity index (χ3n) is 4.90. The maximum atomic E-state index is 13.0. The third-order valence-corrected chi connectivity index (χ3v) is 6.37. The fourth-order valence-electron chi connectivity index (χ4n) is 3.38. The van der Waals surface area contributed by atoms with Gasteiger partial charge in [-0.15, -0.1) is 11.3 Å². The number of aromatic nitrogens is 1. The molecular formula is C23H21ClN2O2S. The summed E-state index contributed by atoms with van der Waals surface area (Å²) in [6.07, 6.45) is 2.18. The minimum absolute atomic E-state index is 0.197. The Kier molecular flexibility index (Phi) is 5.54. The first-order chi connectivity index (χ1) is 14.0. The number of hydrogen-bond donors (Lipinski definition) is 2. The van der Waals surface area contributed by atoms with E-state index in [2.05, 4.69) is 29.4 Å². The SMILES string of the molecule is CCc1ccc(-c2c(C(=O)NCC(C)O)sc3c2cnc2ccc(Cl)cc23)cc1. The minimum Gasteiger partial charge on any atom is -0.392 e. The van der Waals surface area contributed by atoms with Gasteiger partial charge in [0.25, 0.3) is 5.91 Å². The van der Waals surface area contributed by atoms with Gasteiger partial charge in [0.2, 0.25) is 0 Å². The van der Waals surface area contributed by atoms with Gasteiger partial charge in [0.15, 0.2) is 0 Å². The van der Waals surface area contributed by atoms with Gasteiger partial charge >= 0.3 is 0 Å². The van der Waals surface area contributed by atoms with Crippen molar-refractivity contribution in [3.63, 3.8) is 0 Å². The van der Waals surface area contributed by atoms with Crippen molar-refractivity contribution in [2.75, 3.05) is 6.54 Å². The molecule has 0 aliphatic carbocycles. The summed E-state index contributed by atoms with van der Waals surface area (Å²) in [7, 11) is 0. The zero-order valence-electron chi connectivity index (χ0n) is 16.2. The summed E-state index contributed by atoms with van der Waals surface area (Å²) in [5, 5.41) is 14.9. The number of rotatable bonds is 5. The number of aliphatic hydroxyl groups excluding tert-OH is 1. The van der Waals surface area contributed by atoms with E-state index in [1.807, 2.05) is 36.5 Å². The molecule has 148 valence electrons. The van der Waals surface area contributed by atoms with Gasteiger partial charge < -0.3 is 10.4 Å². The van der Waals surface area contributed by atoms with Crippen molar-refractivity contribution in [3.05, 3.63) is 64.1 Å². The van der Waals surface area contributed by atoms with Crippen LogP contribution in [-0.4, -0.2) is 28.6 Å². The molecule has 4 nitrogen and oxygen atoms in total. The molecule has 2 heterocycles. The molecule has 0 saturated carbocycles. The molecular weight excluding hydrogens is 404 g/mol. The van der Waals surface area contributed by atoms with Gasteiger partial charge in [-0.05, 0) is 42.7 Å². The average Bonchev–Trinajstić information content (AvgIpc) is 3.12. The van der Waals surface area contributed by atoms with E-state index >= 15 is 0 Å². The minimum atomic E-state index is -0.609. The highest BCUT2D eigenvalue weighted by molar-refractivity contribution is 7.22. The number of hydrogen-bond acceptors (Lipinski definition) is 4. The maximum absolute atomic E-state index is 13.0. The van der Waals surface area contributed by atoms with Crippen LogP contribution in [0.4, 0.5) is 0 Å². The fraction of sp³-hybridized carbons (Fsp3) is 0.217. The maximum Gasteiger partial charge on any atom is 0.262 e. The molecule has 2 aromatic heterocycles. The van der Waals surface area contributed by atoms with Gasteiger partial charge in [0.05, 0.1) is 11.6 Å². The first-order valence-corrected chi connectivity index (χ1v) is 10.7. The number of aliphatic hydroxyl groups is 1. The molecule has 4 aromatic rings. The van der Waals surface area contributed by atoms with Crippen LogP contribution in [0.15, 0.2) is 48.7 Å². The molecule has 1 unspecified atom stereocenters. The summed E-state index contributed by atoms with van der Waals surface area (Å²) in [5.41, 5.74) is 3.92. The van der Waals surface area contributed by atoms with E-state index in [0.717, 1.165) is 38.5 Å². The van der Waals surface area contributed by atoms with E-state index in [4.69, 9.17) is 11.6 Å². The number of halogens is 1. The van der Waals surface area contributed by atoms with Crippen LogP contribution in [-0.2, 0) is 6.42 Å². The molecule has 0 radical (unpaired) electrons. The van der Waals surface area contributed by atoms with Crippen molar-refractivity contribution in [1.29, 1.82) is 0 Å². The lowest BCUT2D eigenvalue weighted by Gasteiger charge is -2.09. The summed E-state index contributed by atoms with van der Waals surface area (Å²) in [5.74, 6) is -0.197. The number of amides is 1. The Morgan fingerprint density at radius 2 is 1.97 bits per heavy atom. The van der Waals surface area contributed by atoms with Gasteiger partial charge in [-0.1, -0.05) is 42.8 Å². The Hall–Kier alpha value is -2.47. The van der Waals surface area contributed by atoms with Crippen LogP contribution in [0, 0.1) is 0 Å². The van der Waals surface area contributed by atoms with E-state index in [9.17, 15) is 9.90 Å². The number of nitrogens with one attached hydrogen (secondary N) is 1. The zero-order valence-corrected chi connectivity index (χ0v) is 17.8. The number of nitrogens with zero attached hydrogens (tertiary/aromatic N) is 1. The predicted molar refractivity (Wildman–Crippen MR) is 121 cm³/mol. The first kappa shape index (κ1) is 19.8. The van der Waals surface area contributed by atoms with Crippen LogP contribution < -0.4 is 5.32 Å². The predicted octanol–water partition coefficient (Wildman–Crippen LogP) is 5.44. The number of carbonyl (C=O) groups excluding carboxylic acids is 1. The zero-order chi connectivity index (χ0) is 20.5. The standard InChI is InChI=1S/C23H21ClN2O2S/c1-3-14-4-6-15(7-5-14)20-18-12-25-19-9-8-16(24)10-17(19)21(18)29-22(20)23(28)26-11-13(2)27/h4-10,12-13,27H,3,11H2,1-2H3,(H,26,28). The van der Waals surface area contributed by atoms with Crippen LogP contribution in [0.5, 0.6) is 0 Å². The lowest BCUT2D eigenvalue weighted by Crippen LogP contribution is -2.30. The van der Waals surface area contributed by atoms with Crippen molar-refractivity contribution >= 4 is 49.8 Å². The second-order valence-corrected chi connectivity index (χ2v) is 8.54. The molecule has 0 spiro atoms. The number of carbonyl (C=O) groups is 1. The highest BCUT2D eigenvalue weighted by atomic mass is 35.5. The van der Waals surface area contributed by atoms with Gasteiger partial charge in [-0.25, -0.2) is 0 Å². The van der Waals surface area contributed by atoms with Crippen LogP contribution in [0.1, 0.15) is 29.1 Å². The van der Waals surface area contributed by atoms with Gasteiger partial charge in [0.1, 0.15) is 4.88 Å². The monoisotopic (exact) mass is 424 g/mol. The summed E-state index contributed by atoms with van der Waals surface area (Å²) < 4.78 is 0.981. The quantitative estimate of drug-likeness (QED) is 0.448. The Bertz CT molecular complexity index is 1200. The van der Waals surface area contributed by atoms with E-state index in [0.29, 0.717) is 9.90 Å². The molecule has 2 N–H and O–H groups in total. The van der Waals surface area contributed by atoms with E-state index in [-0.39, 0.29) is 12.5 Å². The lowest BCUT2D eigenvalue weighted by molar-refractivity contribution is 0.0928. The number of pyridine rings is 1. The Labute approximate surface area is 178 Å². The Morgan fingerprint density at radius 1 is 1.21 bits per heavy atom. The summed E-state index contributed by atoms with van der Waals surface area (Å²) in [6, 6.07) is 13.9. The molecule has 1 amide bonds. The average molecular weight is 425 g/mol. The fourth-order valence-corrected chi connectivity index (χ4v) is 4.79. The van der Waals surface area contributed by atoms with Crippen LogP contribution >= 0.6 is 22.9 Å². The first-order valence-electron chi connectivity index (χ1n) is 9.54. The highest BCUT2D eigenvalue weighted by Crippen LogP contribution is 2.42. The van der Waals surface area contributed by atoms with Crippen molar-refractivity contribution < 1.29 is 9.90 Å². The van der Waals surface area contributed by atoms with Gasteiger partial charge in [-0.2, -0.15) is 0 Å². The van der Waals surface area contributed by atoms with Crippen molar-refractivity contribution in [1.82, 2.24) is 10.3 Å². The Balaban J connectivity index is 1.96. The molecule has 1 atom stereocenters. The molecule has 0 saturated heterocycles. The van der Waals surface area contributed by atoms with Crippen molar-refractivity contribution in [2.24, 2.45) is 0 Å². The normalized spacial score (nSPS) is 12.4. The number of fused-ring (bicyclic) bond motifs is 3. The molecule has 0 bridgehead atoms. The second kappa shape index (κ2) is 8.11. The van der Waals surface area contributed by atoms with Crippen LogP contribution in [0.25, 0.3) is 32.1 Å². The second-order valence-electron chi connectivity index (χ2n) is 7.08. The highest BCUT2D eigenvalue weighted by Gasteiger charge is 2.22. The smallest absolute Gasteiger partial charge is 0.262 e. The van der Waals surface area contributed by atoms with E-state index in [1.165, 1.54) is 16.9 Å². The number of thiophene rings is 1. The van der Waals surface area contributed by atoms with Gasteiger partial charge in [0, 0.05) is 38.8 Å². The third kappa shape index (κ3) is 3.86. The van der Waals surface area contributed by atoms with Crippen LogP contribution in [0.3, 0.4) is 0 Å². The Morgan fingerprint density at radius 3 is 2.66 bits per heavy atom. The molecule has 0 aliphatic heterocycles. The summed E-state index contributed by atoms with van der Waals surface area (Å²) >= 11 is 7.67.